The molecule has 0 radical (unpaired) electrons. The smallest absolute Gasteiger partial charge is 0.481 e. The lowest BCUT2D eigenvalue weighted by Crippen LogP contribution is -2.28. The molecule has 2 N–H and O–H groups in total. The number of carboxylic acids is 1. The zero-order chi connectivity index (χ0) is 10.1. The van der Waals surface area contributed by atoms with Gasteiger partial charge in [-0.1, -0.05) is 18.2 Å². The maximum absolute atomic E-state index is 10.5. The largest absolute Gasteiger partial charge is 0.491 e. The van der Waals surface area contributed by atoms with Crippen LogP contribution in [0.3, 0.4) is 0 Å². The van der Waals surface area contributed by atoms with Crippen molar-refractivity contribution in [3.05, 3.63) is 29.3 Å². The summed E-state index contributed by atoms with van der Waals surface area (Å²) in [7, 11) is -0.904. The van der Waals surface area contributed by atoms with E-state index in [1.54, 1.807) is 18.2 Å². The highest BCUT2D eigenvalue weighted by Crippen LogP contribution is 2.15. The van der Waals surface area contributed by atoms with E-state index in [1.807, 2.05) is 0 Å². The minimum Gasteiger partial charge on any atom is -0.481 e. The zero-order valence-corrected chi connectivity index (χ0v) is 7.43. The molecule has 0 unspecified atom stereocenters. The van der Waals surface area contributed by atoms with Crippen LogP contribution >= 0.6 is 0 Å². The van der Waals surface area contributed by atoms with Gasteiger partial charge in [0.25, 0.3) is 0 Å². The molecule has 0 fully saturated rings. The minimum atomic E-state index is -0.904. The SMILES string of the molecule is O=C(O)Cc1cccc2c1COB2O. The molecule has 0 bridgehead atoms. The quantitative estimate of drug-likeness (QED) is 0.621. The molecular formula is C9H9BO4. The predicted molar refractivity (Wildman–Crippen MR) is 50.2 cm³/mol. The van der Waals surface area contributed by atoms with Crippen LogP contribution in [0.1, 0.15) is 11.1 Å². The van der Waals surface area contributed by atoms with Crippen LogP contribution in [0.4, 0.5) is 0 Å². The molecular weight excluding hydrogens is 183 g/mol. The Labute approximate surface area is 81.3 Å². The first-order valence-corrected chi connectivity index (χ1v) is 4.30. The van der Waals surface area contributed by atoms with E-state index in [1.165, 1.54) is 0 Å². The van der Waals surface area contributed by atoms with Gasteiger partial charge < -0.3 is 14.8 Å². The van der Waals surface area contributed by atoms with Gasteiger partial charge in [0, 0.05) is 0 Å². The van der Waals surface area contributed by atoms with Gasteiger partial charge in [-0.2, -0.15) is 0 Å². The number of carbonyl (C=O) groups is 1. The fraction of sp³-hybridized carbons (Fsp3) is 0.222. The van der Waals surface area contributed by atoms with Crippen molar-refractivity contribution in [1.82, 2.24) is 0 Å². The van der Waals surface area contributed by atoms with Gasteiger partial charge >= 0.3 is 13.1 Å². The van der Waals surface area contributed by atoms with Gasteiger partial charge in [-0.3, -0.25) is 4.79 Å². The molecule has 4 nitrogen and oxygen atoms in total. The second-order valence-corrected chi connectivity index (χ2v) is 3.22. The zero-order valence-electron chi connectivity index (χ0n) is 7.43. The van der Waals surface area contributed by atoms with Crippen LogP contribution in [-0.2, 0) is 22.5 Å². The lowest BCUT2D eigenvalue weighted by atomic mass is 9.78. The second-order valence-electron chi connectivity index (χ2n) is 3.22. The van der Waals surface area contributed by atoms with Gasteiger partial charge in [0.1, 0.15) is 0 Å². The third-order valence-electron chi connectivity index (χ3n) is 2.30. The summed E-state index contributed by atoms with van der Waals surface area (Å²) < 4.78 is 5.01. The summed E-state index contributed by atoms with van der Waals surface area (Å²) in [6.45, 7) is 0.292. The minimum absolute atomic E-state index is 0.0285. The van der Waals surface area contributed by atoms with Gasteiger partial charge in [-0.15, -0.1) is 0 Å². The highest BCUT2D eigenvalue weighted by Gasteiger charge is 2.28. The van der Waals surface area contributed by atoms with E-state index in [-0.39, 0.29) is 6.42 Å². The Morgan fingerprint density at radius 3 is 3.07 bits per heavy atom. The molecule has 0 atom stereocenters. The summed E-state index contributed by atoms with van der Waals surface area (Å²) in [6, 6.07) is 5.22. The van der Waals surface area contributed by atoms with Gasteiger partial charge in [-0.25, -0.2) is 0 Å². The van der Waals surface area contributed by atoms with Gasteiger partial charge in [0.05, 0.1) is 13.0 Å². The molecule has 0 saturated heterocycles. The molecule has 0 saturated carbocycles. The van der Waals surface area contributed by atoms with E-state index in [0.717, 1.165) is 5.56 Å². The summed E-state index contributed by atoms with van der Waals surface area (Å²) in [5, 5.41) is 18.0. The van der Waals surface area contributed by atoms with Crippen molar-refractivity contribution in [2.45, 2.75) is 13.0 Å². The Hall–Kier alpha value is -1.33. The molecule has 0 spiro atoms. The van der Waals surface area contributed by atoms with Crippen LogP contribution in [0.15, 0.2) is 18.2 Å². The number of hydrogen-bond donors (Lipinski definition) is 2. The van der Waals surface area contributed by atoms with Gasteiger partial charge in [0.2, 0.25) is 0 Å². The Morgan fingerprint density at radius 2 is 2.36 bits per heavy atom. The Kier molecular flexibility index (Phi) is 2.27. The summed E-state index contributed by atoms with van der Waals surface area (Å²) in [5.74, 6) is -0.875. The molecule has 0 amide bonds. The predicted octanol–water partition coefficient (Wildman–Crippen LogP) is -0.469. The van der Waals surface area contributed by atoms with Crippen molar-refractivity contribution in [2.75, 3.05) is 0 Å². The lowest BCUT2D eigenvalue weighted by molar-refractivity contribution is -0.136. The molecule has 0 aliphatic carbocycles. The first kappa shape index (κ1) is 9.24. The fourth-order valence-corrected chi connectivity index (χ4v) is 1.64. The van der Waals surface area contributed by atoms with Crippen LogP contribution < -0.4 is 5.46 Å². The highest BCUT2D eigenvalue weighted by molar-refractivity contribution is 6.61. The molecule has 72 valence electrons. The summed E-state index contributed by atoms with van der Waals surface area (Å²) in [4.78, 5) is 10.5. The first-order chi connectivity index (χ1) is 6.68. The average Bonchev–Trinajstić information content (AvgIpc) is 2.49. The molecule has 1 aromatic carbocycles. The topological polar surface area (TPSA) is 66.8 Å². The summed E-state index contributed by atoms with van der Waals surface area (Å²) in [5.41, 5.74) is 2.21. The molecule has 1 heterocycles. The van der Waals surface area contributed by atoms with Crippen LogP contribution in [0.25, 0.3) is 0 Å². The Bertz CT molecular complexity index is 377. The monoisotopic (exact) mass is 192 g/mol. The number of carboxylic acid groups (broad SMARTS) is 1. The second kappa shape index (κ2) is 3.44. The van der Waals surface area contributed by atoms with Crippen molar-refractivity contribution in [3.8, 4) is 0 Å². The standard InChI is InChI=1S/C9H9BO4/c11-9(12)4-6-2-1-3-8-7(6)5-14-10(8)13/h1-3,13H,4-5H2,(H,11,12). The number of aliphatic carboxylic acids is 1. The highest BCUT2D eigenvalue weighted by atomic mass is 16.5. The van der Waals surface area contributed by atoms with E-state index < -0.39 is 13.1 Å². The fourth-order valence-electron chi connectivity index (χ4n) is 1.64. The number of hydrogen-bond acceptors (Lipinski definition) is 3. The normalized spacial score (nSPS) is 14.2. The van der Waals surface area contributed by atoms with Crippen molar-refractivity contribution in [3.63, 3.8) is 0 Å². The molecule has 1 aliphatic rings. The van der Waals surface area contributed by atoms with Crippen LogP contribution in [0.2, 0.25) is 0 Å². The van der Waals surface area contributed by atoms with E-state index >= 15 is 0 Å². The van der Waals surface area contributed by atoms with E-state index in [4.69, 9.17) is 9.76 Å². The number of fused-ring (bicyclic) bond motifs is 1. The maximum atomic E-state index is 10.5. The van der Waals surface area contributed by atoms with Crippen molar-refractivity contribution in [2.24, 2.45) is 0 Å². The Balaban J connectivity index is 2.39. The van der Waals surface area contributed by atoms with Gasteiger partial charge in [-0.05, 0) is 16.6 Å². The number of rotatable bonds is 2. The van der Waals surface area contributed by atoms with E-state index in [0.29, 0.717) is 17.6 Å². The molecule has 0 aromatic heterocycles. The van der Waals surface area contributed by atoms with E-state index in [9.17, 15) is 9.82 Å². The van der Waals surface area contributed by atoms with Crippen molar-refractivity contribution < 1.29 is 19.6 Å². The van der Waals surface area contributed by atoms with Gasteiger partial charge in [0.15, 0.2) is 0 Å². The third kappa shape index (κ3) is 1.52. The van der Waals surface area contributed by atoms with Crippen LogP contribution in [-0.4, -0.2) is 23.2 Å². The third-order valence-corrected chi connectivity index (χ3v) is 2.30. The average molecular weight is 192 g/mol. The number of benzene rings is 1. The summed E-state index contributed by atoms with van der Waals surface area (Å²) in [6.07, 6.45) is -0.0285. The van der Waals surface area contributed by atoms with Crippen LogP contribution in [0, 0.1) is 0 Å². The van der Waals surface area contributed by atoms with Crippen LogP contribution in [0.5, 0.6) is 0 Å². The molecule has 5 heteroatoms. The molecule has 2 rings (SSSR count). The van der Waals surface area contributed by atoms with Crippen molar-refractivity contribution >= 4 is 18.6 Å². The maximum Gasteiger partial charge on any atom is 0.491 e. The van der Waals surface area contributed by atoms with E-state index in [2.05, 4.69) is 0 Å². The Morgan fingerprint density at radius 1 is 1.57 bits per heavy atom. The molecule has 1 aromatic rings. The molecule has 1 aliphatic heterocycles. The first-order valence-electron chi connectivity index (χ1n) is 4.30. The lowest BCUT2D eigenvalue weighted by Gasteiger charge is -2.03. The summed E-state index contributed by atoms with van der Waals surface area (Å²) >= 11 is 0. The van der Waals surface area contributed by atoms with Crippen molar-refractivity contribution in [1.29, 1.82) is 0 Å². The molecule has 14 heavy (non-hydrogen) atoms.